The number of alkyl carbamates (subject to hydrolysis) is 1. The summed E-state index contributed by atoms with van der Waals surface area (Å²) in [6.45, 7) is 2.44. The monoisotopic (exact) mass is 496 g/mol. The largest absolute Gasteiger partial charge is 0.481 e. The first kappa shape index (κ1) is 25.1. The number of benzene rings is 2. The smallest absolute Gasteiger partial charge is 0.407 e. The Bertz CT molecular complexity index is 1050. The molecule has 1 fully saturated rings. The maximum Gasteiger partial charge on any atom is 0.407 e. The van der Waals surface area contributed by atoms with E-state index in [2.05, 4.69) is 29.6 Å². The summed E-state index contributed by atoms with van der Waals surface area (Å²) < 4.78 is 5.65. The number of aliphatic carboxylic acids is 1. The van der Waals surface area contributed by atoms with Gasteiger partial charge in [0.1, 0.15) is 12.6 Å². The molecule has 2 aromatic rings. The summed E-state index contributed by atoms with van der Waals surface area (Å²) in [6.07, 6.45) is 2.94. The molecule has 8 heteroatoms. The molecule has 2 aliphatic rings. The SMILES string of the molecule is CSCC[C@H](NC(=O)OCC1c2ccccc2-c2ccccc21)C(=O)N1CCC[C@@H](C(=O)O)[C@H]1C. The Hall–Kier alpha value is -3.00. The van der Waals surface area contributed by atoms with Crippen LogP contribution in [0.15, 0.2) is 48.5 Å². The van der Waals surface area contributed by atoms with Gasteiger partial charge in [-0.15, -0.1) is 0 Å². The molecular formula is C27H32N2O5S. The van der Waals surface area contributed by atoms with Gasteiger partial charge in [0.05, 0.1) is 5.92 Å². The van der Waals surface area contributed by atoms with Crippen LogP contribution in [0.2, 0.25) is 0 Å². The number of carbonyl (C=O) groups is 3. The lowest BCUT2D eigenvalue weighted by Crippen LogP contribution is -2.56. The molecule has 0 spiro atoms. The van der Waals surface area contributed by atoms with Gasteiger partial charge in [-0.3, -0.25) is 9.59 Å². The minimum Gasteiger partial charge on any atom is -0.481 e. The summed E-state index contributed by atoms with van der Waals surface area (Å²) in [5.74, 6) is -1.11. The Morgan fingerprint density at radius 2 is 1.74 bits per heavy atom. The fraction of sp³-hybridized carbons (Fsp3) is 0.444. The van der Waals surface area contributed by atoms with Gasteiger partial charge in [0.2, 0.25) is 5.91 Å². The molecule has 3 atom stereocenters. The first-order chi connectivity index (χ1) is 16.9. The fourth-order valence-electron chi connectivity index (χ4n) is 5.26. The van der Waals surface area contributed by atoms with Gasteiger partial charge >= 0.3 is 12.1 Å². The van der Waals surface area contributed by atoms with Crippen LogP contribution in [-0.2, 0) is 14.3 Å². The lowest BCUT2D eigenvalue weighted by Gasteiger charge is -2.39. The Labute approximate surface area is 210 Å². The number of nitrogens with zero attached hydrogens (tertiary/aromatic N) is 1. The van der Waals surface area contributed by atoms with E-state index >= 15 is 0 Å². The third-order valence-corrected chi connectivity index (χ3v) is 7.78. The van der Waals surface area contributed by atoms with E-state index in [9.17, 15) is 19.5 Å². The van der Waals surface area contributed by atoms with Crippen LogP contribution in [0.25, 0.3) is 11.1 Å². The Balaban J connectivity index is 1.43. The van der Waals surface area contributed by atoms with Gasteiger partial charge in [0.15, 0.2) is 0 Å². The quantitative estimate of drug-likeness (QED) is 0.564. The second-order valence-corrected chi connectivity index (χ2v) is 10.1. The number of hydrogen-bond acceptors (Lipinski definition) is 5. The third kappa shape index (κ3) is 5.32. The topological polar surface area (TPSA) is 95.9 Å². The molecule has 186 valence electrons. The summed E-state index contributed by atoms with van der Waals surface area (Å²) >= 11 is 1.59. The molecule has 0 unspecified atom stereocenters. The second kappa shape index (κ2) is 11.2. The highest BCUT2D eigenvalue weighted by molar-refractivity contribution is 7.98. The first-order valence-corrected chi connectivity index (χ1v) is 13.5. The van der Waals surface area contributed by atoms with E-state index in [1.807, 2.05) is 30.5 Å². The van der Waals surface area contributed by atoms with Crippen molar-refractivity contribution < 1.29 is 24.2 Å². The number of piperidine rings is 1. The van der Waals surface area contributed by atoms with Crippen molar-refractivity contribution in [2.45, 2.75) is 44.2 Å². The maximum atomic E-state index is 13.4. The molecule has 1 saturated heterocycles. The predicted molar refractivity (Wildman–Crippen MR) is 137 cm³/mol. The van der Waals surface area contributed by atoms with E-state index in [1.165, 1.54) is 0 Å². The van der Waals surface area contributed by atoms with Crippen LogP contribution in [0, 0.1) is 5.92 Å². The molecule has 35 heavy (non-hydrogen) atoms. The molecule has 2 N–H and O–H groups in total. The van der Waals surface area contributed by atoms with E-state index in [0.717, 1.165) is 22.3 Å². The van der Waals surface area contributed by atoms with Crippen LogP contribution in [0.4, 0.5) is 4.79 Å². The predicted octanol–water partition coefficient (Wildman–Crippen LogP) is 4.36. The lowest BCUT2D eigenvalue weighted by atomic mass is 9.89. The van der Waals surface area contributed by atoms with Crippen molar-refractivity contribution in [2.75, 3.05) is 25.2 Å². The number of hydrogen-bond donors (Lipinski definition) is 2. The van der Waals surface area contributed by atoms with E-state index < -0.39 is 30.1 Å². The van der Waals surface area contributed by atoms with Gasteiger partial charge in [0.25, 0.3) is 0 Å². The molecule has 0 saturated carbocycles. The molecule has 4 rings (SSSR count). The molecule has 7 nitrogen and oxygen atoms in total. The molecule has 1 aliphatic heterocycles. The van der Waals surface area contributed by atoms with E-state index in [0.29, 0.717) is 31.6 Å². The van der Waals surface area contributed by atoms with Crippen LogP contribution in [0.3, 0.4) is 0 Å². The van der Waals surface area contributed by atoms with Crippen molar-refractivity contribution in [1.29, 1.82) is 0 Å². The number of carbonyl (C=O) groups excluding carboxylic acids is 2. The first-order valence-electron chi connectivity index (χ1n) is 12.1. The highest BCUT2D eigenvalue weighted by Crippen LogP contribution is 2.44. The minimum atomic E-state index is -0.889. The van der Waals surface area contributed by atoms with Crippen LogP contribution in [0.1, 0.15) is 43.2 Å². The molecule has 1 aliphatic carbocycles. The number of likely N-dealkylation sites (tertiary alicyclic amines) is 1. The molecular weight excluding hydrogens is 464 g/mol. The van der Waals surface area contributed by atoms with Gasteiger partial charge in [0, 0.05) is 18.5 Å². The number of amides is 2. The molecule has 0 aromatic heterocycles. The number of carboxylic acid groups (broad SMARTS) is 1. The third-order valence-electron chi connectivity index (χ3n) is 7.13. The van der Waals surface area contributed by atoms with Crippen LogP contribution in [0.5, 0.6) is 0 Å². The number of nitrogens with one attached hydrogen (secondary N) is 1. The minimum absolute atomic E-state index is 0.0630. The average Bonchev–Trinajstić information content (AvgIpc) is 3.18. The summed E-state index contributed by atoms with van der Waals surface area (Å²) in [6, 6.07) is 15.1. The Morgan fingerprint density at radius 3 is 2.34 bits per heavy atom. The van der Waals surface area contributed by atoms with Crippen LogP contribution >= 0.6 is 11.8 Å². The van der Waals surface area contributed by atoms with Crippen LogP contribution < -0.4 is 5.32 Å². The highest BCUT2D eigenvalue weighted by atomic mass is 32.2. The van der Waals surface area contributed by atoms with E-state index in [-0.39, 0.29) is 18.4 Å². The number of rotatable bonds is 8. The van der Waals surface area contributed by atoms with Crippen molar-refractivity contribution >= 4 is 29.7 Å². The molecule has 2 amide bonds. The van der Waals surface area contributed by atoms with Gasteiger partial charge in [-0.1, -0.05) is 48.5 Å². The molecule has 0 radical (unpaired) electrons. The normalized spacial score (nSPS) is 20.0. The van der Waals surface area contributed by atoms with Gasteiger partial charge in [-0.2, -0.15) is 11.8 Å². The van der Waals surface area contributed by atoms with Crippen LogP contribution in [-0.4, -0.2) is 65.2 Å². The molecule has 1 heterocycles. The number of thioether (sulfide) groups is 1. The van der Waals surface area contributed by atoms with Crippen molar-refractivity contribution in [3.8, 4) is 11.1 Å². The maximum absolute atomic E-state index is 13.4. The van der Waals surface area contributed by atoms with Crippen molar-refractivity contribution in [2.24, 2.45) is 5.92 Å². The highest BCUT2D eigenvalue weighted by Gasteiger charge is 2.38. The van der Waals surface area contributed by atoms with Gasteiger partial charge < -0.3 is 20.1 Å². The van der Waals surface area contributed by atoms with E-state index in [1.54, 1.807) is 23.6 Å². The van der Waals surface area contributed by atoms with Gasteiger partial charge in [-0.25, -0.2) is 4.79 Å². The summed E-state index contributed by atoms with van der Waals surface area (Å²) in [5, 5.41) is 12.3. The van der Waals surface area contributed by atoms with Crippen molar-refractivity contribution in [3.63, 3.8) is 0 Å². The van der Waals surface area contributed by atoms with E-state index in [4.69, 9.17) is 4.74 Å². The molecule has 0 bridgehead atoms. The fourth-order valence-corrected chi connectivity index (χ4v) is 5.73. The van der Waals surface area contributed by atoms with Crippen molar-refractivity contribution in [3.05, 3.63) is 59.7 Å². The summed E-state index contributed by atoms with van der Waals surface area (Å²) in [4.78, 5) is 39.4. The zero-order valence-corrected chi connectivity index (χ0v) is 20.9. The van der Waals surface area contributed by atoms with Crippen molar-refractivity contribution in [1.82, 2.24) is 10.2 Å². The number of ether oxygens (including phenoxy) is 1. The number of fused-ring (bicyclic) bond motifs is 3. The number of carboxylic acids is 1. The summed E-state index contributed by atoms with van der Waals surface area (Å²) in [7, 11) is 0. The standard InChI is InChI=1S/C27H32N2O5S/c1-17-18(26(31)32)12-7-14-29(17)25(30)24(13-15-35-2)28-27(33)34-16-23-21-10-5-3-8-19(21)20-9-4-6-11-22(20)23/h3-6,8-11,17-18,23-24H,7,12-16H2,1-2H3,(H,28,33)(H,31,32)/t17-,18-,24+/m1/s1. The zero-order chi connectivity index (χ0) is 24.9. The Kier molecular flexibility index (Phi) is 8.00. The zero-order valence-electron chi connectivity index (χ0n) is 20.1. The Morgan fingerprint density at radius 1 is 1.11 bits per heavy atom. The molecule has 2 aromatic carbocycles. The average molecular weight is 497 g/mol. The summed E-state index contributed by atoms with van der Waals surface area (Å²) in [5.41, 5.74) is 4.55. The van der Waals surface area contributed by atoms with Gasteiger partial charge in [-0.05, 0) is 60.4 Å². The second-order valence-electron chi connectivity index (χ2n) is 9.16. The lowest BCUT2D eigenvalue weighted by molar-refractivity contribution is -0.149.